The molecule has 0 aliphatic carbocycles. The van der Waals surface area contributed by atoms with Crippen molar-refractivity contribution >= 4 is 29.5 Å². The predicted molar refractivity (Wildman–Crippen MR) is 81.1 cm³/mol. The molecule has 0 spiro atoms. The third kappa shape index (κ3) is 5.05. The fraction of sp³-hybridized carbons (Fsp3) is 0.333. The summed E-state index contributed by atoms with van der Waals surface area (Å²) >= 11 is 5.85. The van der Waals surface area contributed by atoms with Crippen LogP contribution >= 0.6 is 11.6 Å². The largest absolute Gasteiger partial charge is 0.368 e. The minimum Gasteiger partial charge on any atom is -0.368 e. The second-order valence-electron chi connectivity index (χ2n) is 5.60. The molecule has 1 rings (SSSR count). The molecule has 0 aliphatic rings. The number of halogens is 1. The van der Waals surface area contributed by atoms with E-state index in [0.717, 1.165) is 5.56 Å². The summed E-state index contributed by atoms with van der Waals surface area (Å²) in [5.41, 5.74) is 5.67. The van der Waals surface area contributed by atoms with Crippen LogP contribution in [0.25, 0.3) is 6.08 Å². The highest BCUT2D eigenvalue weighted by molar-refractivity contribution is 6.30. The number of hydrogen-bond donors (Lipinski definition) is 2. The lowest BCUT2D eigenvalue weighted by Gasteiger charge is -2.28. The summed E-state index contributed by atoms with van der Waals surface area (Å²) in [6.45, 7) is 5.51. The molecule has 3 N–H and O–H groups in total. The second-order valence-corrected chi connectivity index (χ2v) is 6.03. The van der Waals surface area contributed by atoms with Gasteiger partial charge in [-0.05, 0) is 29.2 Å². The van der Waals surface area contributed by atoms with Gasteiger partial charge in [0, 0.05) is 11.1 Å². The predicted octanol–water partition coefficient (Wildman–Crippen LogP) is 2.37. The molecule has 0 radical (unpaired) electrons. The molecule has 0 bridgehead atoms. The van der Waals surface area contributed by atoms with Crippen LogP contribution < -0.4 is 11.1 Å². The molecule has 2 amide bonds. The first-order valence-electron chi connectivity index (χ1n) is 6.23. The van der Waals surface area contributed by atoms with Crippen molar-refractivity contribution < 1.29 is 9.59 Å². The van der Waals surface area contributed by atoms with Crippen LogP contribution in [-0.2, 0) is 9.59 Å². The Labute approximate surface area is 124 Å². The molecule has 108 valence electrons. The van der Waals surface area contributed by atoms with Crippen LogP contribution in [0.3, 0.4) is 0 Å². The Kier molecular flexibility index (Phi) is 5.34. The number of primary amides is 1. The Morgan fingerprint density at radius 2 is 2.00 bits per heavy atom. The molecule has 20 heavy (non-hydrogen) atoms. The number of benzene rings is 1. The molecule has 4 nitrogen and oxygen atoms in total. The third-order valence-electron chi connectivity index (χ3n) is 2.71. The van der Waals surface area contributed by atoms with Crippen molar-refractivity contribution in [2.24, 2.45) is 11.1 Å². The topological polar surface area (TPSA) is 72.2 Å². The van der Waals surface area contributed by atoms with Gasteiger partial charge in [0.1, 0.15) is 6.04 Å². The molecule has 0 aliphatic heterocycles. The summed E-state index contributed by atoms with van der Waals surface area (Å²) in [5, 5.41) is 3.20. The Morgan fingerprint density at radius 1 is 1.35 bits per heavy atom. The molecule has 0 aromatic heterocycles. The van der Waals surface area contributed by atoms with Crippen LogP contribution in [0.2, 0.25) is 5.02 Å². The van der Waals surface area contributed by atoms with Crippen molar-refractivity contribution in [3.05, 3.63) is 40.9 Å². The minimum absolute atomic E-state index is 0.372. The fourth-order valence-corrected chi connectivity index (χ4v) is 1.89. The lowest BCUT2D eigenvalue weighted by atomic mass is 9.86. The van der Waals surface area contributed by atoms with Gasteiger partial charge in [0.15, 0.2) is 0 Å². The Morgan fingerprint density at radius 3 is 2.50 bits per heavy atom. The molecule has 1 atom stereocenters. The fourth-order valence-electron chi connectivity index (χ4n) is 1.69. The maximum absolute atomic E-state index is 11.8. The number of rotatable bonds is 4. The second kappa shape index (κ2) is 6.57. The van der Waals surface area contributed by atoms with Gasteiger partial charge in [-0.15, -0.1) is 0 Å². The van der Waals surface area contributed by atoms with Gasteiger partial charge in [-0.1, -0.05) is 44.5 Å². The highest BCUT2D eigenvalue weighted by Gasteiger charge is 2.30. The Balaban J connectivity index is 2.74. The molecule has 5 heteroatoms. The number of carbonyl (C=O) groups is 2. The van der Waals surface area contributed by atoms with Gasteiger partial charge in [-0.3, -0.25) is 9.59 Å². The molecule has 0 heterocycles. The van der Waals surface area contributed by atoms with E-state index in [0.29, 0.717) is 5.02 Å². The van der Waals surface area contributed by atoms with E-state index in [-0.39, 0.29) is 5.91 Å². The molecule has 0 saturated carbocycles. The highest BCUT2D eigenvalue weighted by Crippen LogP contribution is 2.19. The summed E-state index contributed by atoms with van der Waals surface area (Å²) in [6.07, 6.45) is 2.98. The van der Waals surface area contributed by atoms with E-state index in [9.17, 15) is 9.59 Å². The first-order valence-corrected chi connectivity index (χ1v) is 6.61. The lowest BCUT2D eigenvalue weighted by molar-refractivity contribution is -0.127. The molecular weight excluding hydrogens is 276 g/mol. The van der Waals surface area contributed by atoms with E-state index >= 15 is 0 Å². The lowest BCUT2D eigenvalue weighted by Crippen LogP contribution is -2.51. The van der Waals surface area contributed by atoms with Crippen LogP contribution in [0.4, 0.5) is 0 Å². The number of nitrogens with two attached hydrogens (primary N) is 1. The van der Waals surface area contributed by atoms with Crippen molar-refractivity contribution in [1.29, 1.82) is 0 Å². The molecule has 1 aromatic rings. The molecule has 0 unspecified atom stereocenters. The van der Waals surface area contributed by atoms with Gasteiger partial charge < -0.3 is 11.1 Å². The van der Waals surface area contributed by atoms with Crippen LogP contribution in [-0.4, -0.2) is 17.9 Å². The molecule has 0 fully saturated rings. The molecular formula is C15H19ClN2O2. The van der Waals surface area contributed by atoms with Crippen LogP contribution in [0, 0.1) is 5.41 Å². The summed E-state index contributed by atoms with van der Waals surface area (Å²) in [4.78, 5) is 23.2. The van der Waals surface area contributed by atoms with E-state index in [1.54, 1.807) is 24.3 Å². The third-order valence-corrected chi connectivity index (χ3v) is 2.95. The summed E-state index contributed by atoms with van der Waals surface area (Å²) in [5.74, 6) is -0.925. The average Bonchev–Trinajstić information content (AvgIpc) is 2.31. The van der Waals surface area contributed by atoms with E-state index < -0.39 is 17.4 Å². The normalized spacial score (nSPS) is 13.2. The van der Waals surface area contributed by atoms with Gasteiger partial charge in [0.05, 0.1) is 0 Å². The van der Waals surface area contributed by atoms with E-state index in [4.69, 9.17) is 17.3 Å². The van der Waals surface area contributed by atoms with Crippen molar-refractivity contribution in [1.82, 2.24) is 5.32 Å². The van der Waals surface area contributed by atoms with Crippen LogP contribution in [0.5, 0.6) is 0 Å². The van der Waals surface area contributed by atoms with Crippen molar-refractivity contribution in [2.75, 3.05) is 0 Å². The van der Waals surface area contributed by atoms with Crippen molar-refractivity contribution in [2.45, 2.75) is 26.8 Å². The smallest absolute Gasteiger partial charge is 0.244 e. The Bertz CT molecular complexity index is 533. The minimum atomic E-state index is -0.723. The van der Waals surface area contributed by atoms with Crippen LogP contribution in [0.1, 0.15) is 26.3 Å². The molecule has 1 aromatic carbocycles. The summed E-state index contributed by atoms with van der Waals surface area (Å²) < 4.78 is 0. The number of hydrogen-bond acceptors (Lipinski definition) is 2. The van der Waals surface area contributed by atoms with E-state index in [1.807, 2.05) is 26.8 Å². The standard InChI is InChI=1S/C15H19ClN2O2/c1-15(2,3)13(14(17)20)18-12(19)8-7-10-5-4-6-11(16)9-10/h4-9,13H,1-3H3,(H2,17,20)(H,18,19)/b8-7+/t13-/m1/s1. The zero-order valence-corrected chi connectivity index (χ0v) is 12.6. The quantitative estimate of drug-likeness (QED) is 0.837. The Hall–Kier alpha value is -1.81. The van der Waals surface area contributed by atoms with Crippen LogP contribution in [0.15, 0.2) is 30.3 Å². The first kappa shape index (κ1) is 16.2. The van der Waals surface area contributed by atoms with Gasteiger partial charge in [-0.25, -0.2) is 0 Å². The summed E-state index contributed by atoms with van der Waals surface area (Å²) in [6, 6.07) is 6.38. The van der Waals surface area contributed by atoms with E-state index in [1.165, 1.54) is 6.08 Å². The average molecular weight is 295 g/mol. The van der Waals surface area contributed by atoms with E-state index in [2.05, 4.69) is 5.32 Å². The van der Waals surface area contributed by atoms with Gasteiger partial charge in [-0.2, -0.15) is 0 Å². The monoisotopic (exact) mass is 294 g/mol. The van der Waals surface area contributed by atoms with Gasteiger partial charge in [0.2, 0.25) is 11.8 Å². The van der Waals surface area contributed by atoms with Crippen molar-refractivity contribution in [3.8, 4) is 0 Å². The maximum atomic E-state index is 11.8. The van der Waals surface area contributed by atoms with Gasteiger partial charge >= 0.3 is 0 Å². The highest BCUT2D eigenvalue weighted by atomic mass is 35.5. The first-order chi connectivity index (χ1) is 9.20. The maximum Gasteiger partial charge on any atom is 0.244 e. The molecule has 0 saturated heterocycles. The zero-order valence-electron chi connectivity index (χ0n) is 11.8. The SMILES string of the molecule is CC(C)(C)[C@H](NC(=O)/C=C/c1cccc(Cl)c1)C(N)=O. The van der Waals surface area contributed by atoms with Gasteiger partial charge in [0.25, 0.3) is 0 Å². The number of carbonyl (C=O) groups excluding carboxylic acids is 2. The van der Waals surface area contributed by atoms with Crippen molar-refractivity contribution in [3.63, 3.8) is 0 Å². The number of nitrogens with one attached hydrogen (secondary N) is 1. The summed E-state index contributed by atoms with van der Waals surface area (Å²) in [7, 11) is 0. The number of amides is 2. The zero-order chi connectivity index (χ0) is 15.3.